The van der Waals surface area contributed by atoms with Crippen LogP contribution in [0, 0.1) is 17.2 Å². The Bertz CT molecular complexity index is 1530. The predicted molar refractivity (Wildman–Crippen MR) is 148 cm³/mol. The van der Waals surface area contributed by atoms with Gasteiger partial charge in [-0.05, 0) is 55.5 Å². The van der Waals surface area contributed by atoms with Crippen LogP contribution in [0.25, 0.3) is 10.9 Å². The summed E-state index contributed by atoms with van der Waals surface area (Å²) >= 11 is 0. The number of esters is 1. The summed E-state index contributed by atoms with van der Waals surface area (Å²) < 4.78 is 54.9. The number of hydrogen-bond acceptors (Lipinski definition) is 8. The maximum atomic E-state index is 14.0. The standard InChI is InChI=1S/C29H33F3N6O4/c1-18(2)15-41-26(40)22-7-9-27(10-12-33,17-42-22)38-21-8-13-35-25(39)23(21)24(37-38)36-20-5-3-19(4-6-20)28(29(30,31)32)11-14-34-16-28/h3-6,8,13,18,22,34H,7,9-11,14-17H2,1-2H3,(H,35,39)(H,36,37)/t22?,27-,28?/m0/s1. The molecule has 0 amide bonds. The minimum absolute atomic E-state index is 0.00599. The number of pyridine rings is 1. The van der Waals surface area contributed by atoms with Crippen LogP contribution >= 0.6 is 0 Å². The molecule has 13 heteroatoms. The van der Waals surface area contributed by atoms with Gasteiger partial charge in [-0.2, -0.15) is 23.5 Å². The van der Waals surface area contributed by atoms with Gasteiger partial charge in [0.2, 0.25) is 0 Å². The molecule has 2 unspecified atom stereocenters. The average molecular weight is 587 g/mol. The second-order valence-electron chi connectivity index (χ2n) is 11.5. The molecule has 4 heterocycles. The number of halogens is 3. The molecule has 2 saturated heterocycles. The monoisotopic (exact) mass is 586 g/mol. The number of alkyl halides is 3. The number of carbonyl (C=O) groups excluding carboxylic acids is 1. The Hall–Kier alpha value is -3.89. The Labute approximate surface area is 240 Å². The number of benzene rings is 1. The number of hydrogen-bond donors (Lipinski definition) is 3. The predicted octanol–water partition coefficient (Wildman–Crippen LogP) is 4.25. The summed E-state index contributed by atoms with van der Waals surface area (Å²) in [5.74, 6) is -0.0951. The molecule has 0 bridgehead atoms. The molecular weight excluding hydrogens is 553 g/mol. The van der Waals surface area contributed by atoms with Crippen molar-refractivity contribution in [1.82, 2.24) is 20.1 Å². The van der Waals surface area contributed by atoms with Gasteiger partial charge in [-0.25, -0.2) is 4.79 Å². The molecule has 0 aliphatic carbocycles. The smallest absolute Gasteiger partial charge is 0.399 e. The van der Waals surface area contributed by atoms with Crippen LogP contribution in [0.15, 0.2) is 41.3 Å². The van der Waals surface area contributed by atoms with Gasteiger partial charge < -0.3 is 25.1 Å². The normalized spacial score (nSPS) is 24.5. The number of aromatic amines is 1. The van der Waals surface area contributed by atoms with E-state index in [4.69, 9.17) is 14.6 Å². The molecule has 3 N–H and O–H groups in total. The van der Waals surface area contributed by atoms with E-state index in [9.17, 15) is 28.0 Å². The minimum Gasteiger partial charge on any atom is -0.463 e. The molecule has 2 aliphatic rings. The molecule has 3 atom stereocenters. The summed E-state index contributed by atoms with van der Waals surface area (Å²) in [4.78, 5) is 28.1. The molecule has 2 fully saturated rings. The summed E-state index contributed by atoms with van der Waals surface area (Å²) in [6.45, 7) is 4.23. The first kappa shape index (κ1) is 29.6. The van der Waals surface area contributed by atoms with Crippen LogP contribution in [0.4, 0.5) is 24.7 Å². The van der Waals surface area contributed by atoms with E-state index in [2.05, 4.69) is 21.7 Å². The molecule has 10 nitrogen and oxygen atoms in total. The fraction of sp³-hybridized carbons (Fsp3) is 0.517. The average Bonchev–Trinajstić information content (AvgIpc) is 3.60. The van der Waals surface area contributed by atoms with E-state index in [1.807, 2.05) is 13.8 Å². The van der Waals surface area contributed by atoms with Gasteiger partial charge in [0, 0.05) is 18.4 Å². The highest BCUT2D eigenvalue weighted by Crippen LogP contribution is 2.45. The van der Waals surface area contributed by atoms with E-state index in [-0.39, 0.29) is 61.8 Å². The lowest BCUT2D eigenvalue weighted by atomic mass is 9.79. The number of carbonyl (C=O) groups is 1. The summed E-state index contributed by atoms with van der Waals surface area (Å²) in [7, 11) is 0. The molecule has 224 valence electrons. The highest BCUT2D eigenvalue weighted by atomic mass is 19.4. The molecular formula is C29H33F3N6O4. The maximum absolute atomic E-state index is 14.0. The number of H-pyrrole nitrogens is 1. The van der Waals surface area contributed by atoms with Gasteiger partial charge in [-0.3, -0.25) is 9.48 Å². The van der Waals surface area contributed by atoms with Crippen molar-refractivity contribution in [3.05, 3.63) is 52.4 Å². The fourth-order valence-electron chi connectivity index (χ4n) is 5.75. The number of rotatable bonds is 8. The zero-order valence-electron chi connectivity index (χ0n) is 23.4. The Morgan fingerprint density at radius 1 is 1.29 bits per heavy atom. The Morgan fingerprint density at radius 3 is 2.64 bits per heavy atom. The second kappa shape index (κ2) is 11.4. The van der Waals surface area contributed by atoms with Crippen molar-refractivity contribution >= 4 is 28.4 Å². The Balaban J connectivity index is 1.44. The summed E-state index contributed by atoms with van der Waals surface area (Å²) in [6, 6.07) is 9.80. The van der Waals surface area contributed by atoms with Gasteiger partial charge in [-0.15, -0.1) is 0 Å². The molecule has 0 saturated carbocycles. The summed E-state index contributed by atoms with van der Waals surface area (Å²) in [5.41, 5.74) is -2.30. The van der Waals surface area contributed by atoms with Crippen LogP contribution < -0.4 is 16.2 Å². The Kier molecular flexibility index (Phi) is 8.04. The topological polar surface area (TPSA) is 134 Å². The number of ether oxygens (including phenoxy) is 2. The van der Waals surface area contributed by atoms with Crippen molar-refractivity contribution < 1.29 is 27.4 Å². The molecule has 5 rings (SSSR count). The second-order valence-corrected chi connectivity index (χ2v) is 11.5. The number of anilines is 2. The first-order chi connectivity index (χ1) is 20.0. The third-order valence-electron chi connectivity index (χ3n) is 8.11. The van der Waals surface area contributed by atoms with E-state index in [0.29, 0.717) is 24.0 Å². The minimum atomic E-state index is -4.41. The number of fused-ring (bicyclic) bond motifs is 1. The zero-order chi connectivity index (χ0) is 30.1. The zero-order valence-corrected chi connectivity index (χ0v) is 23.4. The van der Waals surface area contributed by atoms with Crippen molar-refractivity contribution in [3.8, 4) is 6.07 Å². The molecule has 2 aromatic heterocycles. The largest absolute Gasteiger partial charge is 0.463 e. The molecule has 0 spiro atoms. The van der Waals surface area contributed by atoms with Crippen molar-refractivity contribution in [2.24, 2.45) is 5.92 Å². The lowest BCUT2D eigenvalue weighted by molar-refractivity contribution is -0.185. The van der Waals surface area contributed by atoms with Crippen LogP contribution in [0.2, 0.25) is 0 Å². The number of nitrogens with one attached hydrogen (secondary N) is 3. The van der Waals surface area contributed by atoms with Crippen LogP contribution in [0.1, 0.15) is 45.1 Å². The van der Waals surface area contributed by atoms with Gasteiger partial charge in [0.15, 0.2) is 11.9 Å². The van der Waals surface area contributed by atoms with E-state index in [1.54, 1.807) is 10.7 Å². The van der Waals surface area contributed by atoms with Gasteiger partial charge >= 0.3 is 12.1 Å². The van der Waals surface area contributed by atoms with E-state index < -0.39 is 34.8 Å². The Morgan fingerprint density at radius 2 is 2.05 bits per heavy atom. The van der Waals surface area contributed by atoms with Gasteiger partial charge in [0.05, 0.1) is 36.8 Å². The fourth-order valence-corrected chi connectivity index (χ4v) is 5.75. The van der Waals surface area contributed by atoms with E-state index in [0.717, 1.165) is 0 Å². The lowest BCUT2D eigenvalue weighted by Gasteiger charge is -2.38. The molecule has 42 heavy (non-hydrogen) atoms. The van der Waals surface area contributed by atoms with E-state index >= 15 is 0 Å². The van der Waals surface area contributed by atoms with E-state index in [1.165, 1.54) is 30.5 Å². The highest BCUT2D eigenvalue weighted by Gasteiger charge is 2.57. The van der Waals surface area contributed by atoms with Crippen molar-refractivity contribution in [1.29, 1.82) is 5.26 Å². The summed E-state index contributed by atoms with van der Waals surface area (Å²) in [5, 5.41) is 20.5. The first-order valence-electron chi connectivity index (χ1n) is 13.9. The van der Waals surface area contributed by atoms with Crippen LogP contribution in [-0.2, 0) is 25.2 Å². The van der Waals surface area contributed by atoms with Gasteiger partial charge in [0.25, 0.3) is 5.56 Å². The van der Waals surface area contributed by atoms with Gasteiger partial charge in [-0.1, -0.05) is 26.0 Å². The van der Waals surface area contributed by atoms with Crippen LogP contribution in [-0.4, -0.2) is 59.3 Å². The third-order valence-corrected chi connectivity index (χ3v) is 8.11. The third kappa shape index (κ3) is 5.36. The SMILES string of the molecule is CC(C)COC(=O)C1CC[C@@](CC#N)(n2nc(Nc3ccc(C4(C(F)(F)F)CCNC4)cc3)c3c(=O)[nH]ccc32)CO1. The lowest BCUT2D eigenvalue weighted by Crippen LogP contribution is -2.47. The van der Waals surface area contributed by atoms with Crippen molar-refractivity contribution in [2.45, 2.75) is 62.8 Å². The number of nitrogens with zero attached hydrogens (tertiary/aromatic N) is 3. The van der Waals surface area contributed by atoms with Gasteiger partial charge in [0.1, 0.15) is 10.8 Å². The molecule has 2 aliphatic heterocycles. The first-order valence-corrected chi connectivity index (χ1v) is 13.9. The number of aromatic nitrogens is 3. The van der Waals surface area contributed by atoms with Crippen LogP contribution in [0.3, 0.4) is 0 Å². The maximum Gasteiger partial charge on any atom is 0.399 e. The number of nitriles is 1. The molecule has 1 aromatic carbocycles. The summed E-state index contributed by atoms with van der Waals surface area (Å²) in [6.07, 6.45) is -3.08. The molecule has 0 radical (unpaired) electrons. The van der Waals surface area contributed by atoms with Crippen molar-refractivity contribution in [3.63, 3.8) is 0 Å². The highest BCUT2D eigenvalue weighted by molar-refractivity contribution is 5.91. The molecule has 3 aromatic rings. The van der Waals surface area contributed by atoms with Crippen LogP contribution in [0.5, 0.6) is 0 Å². The van der Waals surface area contributed by atoms with Crippen molar-refractivity contribution in [2.75, 3.05) is 31.6 Å². The quantitative estimate of drug-likeness (QED) is 0.334.